The molecule has 3 unspecified atom stereocenters. The van der Waals surface area contributed by atoms with Crippen LogP contribution < -0.4 is 0 Å². The summed E-state index contributed by atoms with van der Waals surface area (Å²) < 4.78 is 0. The Morgan fingerprint density at radius 2 is 2.06 bits per heavy atom. The molecule has 1 heteroatoms. The predicted octanol–water partition coefficient (Wildman–Crippen LogP) is 5.38. The van der Waals surface area contributed by atoms with Crippen LogP contribution in [0.4, 0.5) is 0 Å². The smallest absolute Gasteiger partial charge is 0.0568 e. The molecule has 0 spiro atoms. The van der Waals surface area contributed by atoms with Crippen molar-refractivity contribution in [1.82, 2.24) is 0 Å². The number of rotatable bonds is 6. The van der Waals surface area contributed by atoms with Crippen molar-refractivity contribution in [3.8, 4) is 0 Å². The van der Waals surface area contributed by atoms with Gasteiger partial charge in [-0.05, 0) is 42.2 Å². The van der Waals surface area contributed by atoms with Crippen molar-refractivity contribution in [3.63, 3.8) is 0 Å². The predicted molar refractivity (Wildman–Crippen MR) is 81.2 cm³/mol. The van der Waals surface area contributed by atoms with Gasteiger partial charge in [-0.15, -0.1) is 0 Å². The Bertz CT molecular complexity index is 325. The first-order chi connectivity index (χ1) is 8.60. The van der Waals surface area contributed by atoms with Gasteiger partial charge in [0.15, 0.2) is 0 Å². The van der Waals surface area contributed by atoms with Crippen LogP contribution in [0.25, 0.3) is 0 Å². The highest BCUT2D eigenvalue weighted by Crippen LogP contribution is 2.29. The van der Waals surface area contributed by atoms with Gasteiger partial charge in [0.25, 0.3) is 0 Å². The van der Waals surface area contributed by atoms with E-state index in [0.29, 0.717) is 17.8 Å². The summed E-state index contributed by atoms with van der Waals surface area (Å²) >= 11 is 0. The highest BCUT2D eigenvalue weighted by molar-refractivity contribution is 6.06. The molecule has 0 amide bonds. The second kappa shape index (κ2) is 7.56. The van der Waals surface area contributed by atoms with Gasteiger partial charge in [0, 0.05) is 0 Å². The quantitative estimate of drug-likeness (QED) is 0.651. The Kier molecular flexibility index (Phi) is 6.38. The van der Waals surface area contributed by atoms with Crippen LogP contribution in [0.1, 0.15) is 59.8 Å². The molecule has 0 fully saturated rings. The first-order valence-electron chi connectivity index (χ1n) is 7.57. The van der Waals surface area contributed by atoms with E-state index in [1.165, 1.54) is 31.3 Å². The average molecular weight is 247 g/mol. The highest BCUT2D eigenvalue weighted by Gasteiger charge is 2.20. The standard InChI is InChI=1S/C17H29N/c1-5-7-8-13(3)14(4)16-11-9-15(6-2)10-12-17(16)18/h10-15,18H,5-9H2,1-4H3. The molecule has 3 atom stereocenters. The van der Waals surface area contributed by atoms with Crippen molar-refractivity contribution in [2.75, 3.05) is 0 Å². The summed E-state index contributed by atoms with van der Waals surface area (Å²) in [6.45, 7) is 9.10. The van der Waals surface area contributed by atoms with E-state index < -0.39 is 0 Å². The van der Waals surface area contributed by atoms with Crippen molar-refractivity contribution >= 4 is 5.71 Å². The summed E-state index contributed by atoms with van der Waals surface area (Å²) in [7, 11) is 0. The minimum atomic E-state index is 0.518. The van der Waals surface area contributed by atoms with Gasteiger partial charge in [0.05, 0.1) is 5.71 Å². The average Bonchev–Trinajstić information content (AvgIpc) is 2.56. The van der Waals surface area contributed by atoms with Gasteiger partial charge in [0.1, 0.15) is 0 Å². The Hall–Kier alpha value is -0.850. The second-order valence-corrected chi connectivity index (χ2v) is 5.74. The molecule has 0 aromatic rings. The van der Waals surface area contributed by atoms with Gasteiger partial charge in [0.2, 0.25) is 0 Å². The van der Waals surface area contributed by atoms with E-state index in [2.05, 4.69) is 39.8 Å². The molecule has 0 aromatic carbocycles. The van der Waals surface area contributed by atoms with E-state index >= 15 is 0 Å². The van der Waals surface area contributed by atoms with E-state index in [-0.39, 0.29) is 0 Å². The third-order valence-corrected chi connectivity index (χ3v) is 4.37. The van der Waals surface area contributed by atoms with Crippen molar-refractivity contribution in [2.24, 2.45) is 17.8 Å². The zero-order valence-electron chi connectivity index (χ0n) is 12.5. The van der Waals surface area contributed by atoms with E-state index in [9.17, 15) is 0 Å². The number of hydrogen-bond donors (Lipinski definition) is 1. The summed E-state index contributed by atoms with van der Waals surface area (Å²) in [5.74, 6) is 1.83. The maximum absolute atomic E-state index is 8.20. The summed E-state index contributed by atoms with van der Waals surface area (Å²) in [4.78, 5) is 0. The van der Waals surface area contributed by atoms with E-state index in [1.54, 1.807) is 0 Å². The van der Waals surface area contributed by atoms with E-state index in [4.69, 9.17) is 5.41 Å². The maximum atomic E-state index is 8.20. The fourth-order valence-electron chi connectivity index (χ4n) is 2.61. The zero-order chi connectivity index (χ0) is 13.5. The third-order valence-electron chi connectivity index (χ3n) is 4.37. The fraction of sp³-hybridized carbons (Fsp3) is 0.706. The molecular weight excluding hydrogens is 218 g/mol. The highest BCUT2D eigenvalue weighted by atomic mass is 14.4. The molecule has 1 aliphatic carbocycles. The number of unbranched alkanes of at least 4 members (excludes halogenated alkanes) is 1. The van der Waals surface area contributed by atoms with Crippen molar-refractivity contribution < 1.29 is 0 Å². The van der Waals surface area contributed by atoms with Gasteiger partial charge in [-0.3, -0.25) is 0 Å². The summed E-state index contributed by atoms with van der Waals surface area (Å²) in [5.41, 5.74) is 2.01. The molecule has 18 heavy (non-hydrogen) atoms. The monoisotopic (exact) mass is 247 g/mol. The van der Waals surface area contributed by atoms with Crippen LogP contribution in [0.3, 0.4) is 0 Å². The molecule has 0 aliphatic heterocycles. The van der Waals surface area contributed by atoms with E-state index in [0.717, 1.165) is 12.1 Å². The molecule has 0 saturated carbocycles. The molecule has 0 aromatic heterocycles. The zero-order valence-corrected chi connectivity index (χ0v) is 12.5. The van der Waals surface area contributed by atoms with Crippen molar-refractivity contribution in [2.45, 2.75) is 59.8 Å². The summed E-state index contributed by atoms with van der Waals surface area (Å²) in [6.07, 6.45) is 12.7. The number of allylic oxidation sites excluding steroid dienone is 4. The topological polar surface area (TPSA) is 23.9 Å². The van der Waals surface area contributed by atoms with Crippen LogP contribution in [0.15, 0.2) is 23.8 Å². The van der Waals surface area contributed by atoms with Crippen LogP contribution >= 0.6 is 0 Å². The Morgan fingerprint density at radius 1 is 1.33 bits per heavy atom. The summed E-state index contributed by atoms with van der Waals surface area (Å²) in [5, 5.41) is 8.20. The lowest BCUT2D eigenvalue weighted by molar-refractivity contribution is 0.405. The maximum Gasteiger partial charge on any atom is 0.0568 e. The lowest BCUT2D eigenvalue weighted by atomic mass is 9.83. The third kappa shape index (κ3) is 4.12. The van der Waals surface area contributed by atoms with Gasteiger partial charge >= 0.3 is 0 Å². The van der Waals surface area contributed by atoms with Crippen LogP contribution in [-0.2, 0) is 0 Å². The number of hydrogen-bond acceptors (Lipinski definition) is 1. The van der Waals surface area contributed by atoms with Gasteiger partial charge in [-0.25, -0.2) is 0 Å². The molecule has 1 rings (SSSR count). The molecular formula is C17H29N. The van der Waals surface area contributed by atoms with Gasteiger partial charge in [-0.2, -0.15) is 0 Å². The minimum Gasteiger partial charge on any atom is -0.301 e. The fourth-order valence-corrected chi connectivity index (χ4v) is 2.61. The summed E-state index contributed by atoms with van der Waals surface area (Å²) in [6, 6.07) is 0. The molecule has 0 bridgehead atoms. The first-order valence-corrected chi connectivity index (χ1v) is 7.57. The minimum absolute atomic E-state index is 0.518. The molecule has 0 saturated heterocycles. The largest absolute Gasteiger partial charge is 0.301 e. The molecule has 0 heterocycles. The molecule has 1 N–H and O–H groups in total. The molecule has 1 aliphatic rings. The van der Waals surface area contributed by atoms with Crippen molar-refractivity contribution in [3.05, 3.63) is 23.8 Å². The van der Waals surface area contributed by atoms with Crippen LogP contribution in [0.2, 0.25) is 0 Å². The van der Waals surface area contributed by atoms with Crippen LogP contribution in [0.5, 0.6) is 0 Å². The first kappa shape index (κ1) is 15.2. The Labute approximate surface area is 113 Å². The molecule has 102 valence electrons. The SMILES string of the molecule is CCCCC(C)C(C)C1=CCC(CC)C=CC1=N. The van der Waals surface area contributed by atoms with Gasteiger partial charge in [-0.1, -0.05) is 59.1 Å². The molecule has 0 radical (unpaired) electrons. The normalized spacial score (nSPS) is 23.4. The Morgan fingerprint density at radius 3 is 2.67 bits per heavy atom. The van der Waals surface area contributed by atoms with E-state index in [1.807, 2.05) is 6.08 Å². The number of nitrogens with one attached hydrogen (secondary N) is 1. The second-order valence-electron chi connectivity index (χ2n) is 5.74. The van der Waals surface area contributed by atoms with Crippen LogP contribution in [0, 0.1) is 23.2 Å². The molecule has 1 nitrogen and oxygen atoms in total. The van der Waals surface area contributed by atoms with Gasteiger partial charge < -0.3 is 5.41 Å². The van der Waals surface area contributed by atoms with Crippen molar-refractivity contribution in [1.29, 1.82) is 5.41 Å². The lowest BCUT2D eigenvalue weighted by Gasteiger charge is -2.22. The van der Waals surface area contributed by atoms with Crippen LogP contribution in [-0.4, -0.2) is 5.71 Å². The Balaban J connectivity index is 2.71. The lowest BCUT2D eigenvalue weighted by Crippen LogP contribution is -2.15.